The van der Waals surface area contributed by atoms with Crippen LogP contribution in [0.4, 0.5) is 0 Å². The van der Waals surface area contributed by atoms with Crippen molar-refractivity contribution in [3.8, 4) is 0 Å². The minimum atomic E-state index is 0.139. The fourth-order valence-electron chi connectivity index (χ4n) is 1.34. The number of hydrogen-bond acceptors (Lipinski definition) is 1. The van der Waals surface area contributed by atoms with Gasteiger partial charge in [-0.1, -0.05) is 20.8 Å². The van der Waals surface area contributed by atoms with Gasteiger partial charge < -0.3 is 10.7 Å². The Hall–Kier alpha value is -0.760. The summed E-state index contributed by atoms with van der Waals surface area (Å²) < 4.78 is 0. The number of nitrogens with two attached hydrogens (primary N) is 1. The Labute approximate surface area is 74.2 Å². The molecule has 0 aliphatic heterocycles. The Bertz CT molecular complexity index is 218. The Morgan fingerprint density at radius 3 is 2.58 bits per heavy atom. The third-order valence-electron chi connectivity index (χ3n) is 1.85. The maximum atomic E-state index is 5.99. The summed E-state index contributed by atoms with van der Waals surface area (Å²) in [6, 6.07) is 4.16. The van der Waals surface area contributed by atoms with E-state index in [9.17, 15) is 0 Å². The zero-order valence-electron chi connectivity index (χ0n) is 8.09. The molecule has 1 heterocycles. The first-order valence-corrected chi connectivity index (χ1v) is 4.38. The van der Waals surface area contributed by atoms with Gasteiger partial charge in [0.2, 0.25) is 0 Å². The summed E-state index contributed by atoms with van der Waals surface area (Å²) in [4.78, 5) is 3.13. The van der Waals surface area contributed by atoms with E-state index in [1.807, 2.05) is 18.3 Å². The Balaban J connectivity index is 2.56. The second-order valence-corrected chi connectivity index (χ2v) is 4.50. The summed E-state index contributed by atoms with van der Waals surface area (Å²) >= 11 is 0. The smallest absolute Gasteiger partial charge is 0.0452 e. The van der Waals surface area contributed by atoms with Gasteiger partial charge in [0, 0.05) is 17.9 Å². The van der Waals surface area contributed by atoms with Crippen molar-refractivity contribution >= 4 is 0 Å². The van der Waals surface area contributed by atoms with Crippen LogP contribution in [0.25, 0.3) is 0 Å². The maximum absolute atomic E-state index is 5.99. The number of rotatable bonds is 2. The van der Waals surface area contributed by atoms with E-state index in [4.69, 9.17) is 5.73 Å². The van der Waals surface area contributed by atoms with Crippen molar-refractivity contribution in [2.45, 2.75) is 33.2 Å². The molecule has 1 aromatic rings. The number of aromatic nitrogens is 1. The van der Waals surface area contributed by atoms with E-state index in [-0.39, 0.29) is 6.04 Å². The molecule has 1 unspecified atom stereocenters. The van der Waals surface area contributed by atoms with E-state index in [2.05, 4.69) is 25.8 Å². The molecular formula is C10H18N2. The monoisotopic (exact) mass is 166 g/mol. The van der Waals surface area contributed by atoms with Gasteiger partial charge in [0.05, 0.1) is 0 Å². The zero-order chi connectivity index (χ0) is 9.19. The molecule has 1 atom stereocenters. The molecule has 3 N–H and O–H groups in total. The molecule has 0 aliphatic carbocycles. The normalized spacial score (nSPS) is 14.7. The molecule has 0 bridgehead atoms. The Morgan fingerprint density at radius 2 is 2.17 bits per heavy atom. The largest absolute Gasteiger partial charge is 0.364 e. The van der Waals surface area contributed by atoms with Crippen LogP contribution in [0, 0.1) is 5.41 Å². The second kappa shape index (κ2) is 3.31. The van der Waals surface area contributed by atoms with Crippen LogP contribution in [-0.4, -0.2) is 4.98 Å². The highest BCUT2D eigenvalue weighted by Gasteiger charge is 2.16. The highest BCUT2D eigenvalue weighted by molar-refractivity contribution is 5.08. The lowest BCUT2D eigenvalue weighted by atomic mass is 9.87. The minimum Gasteiger partial charge on any atom is -0.364 e. The molecule has 0 fully saturated rings. The molecule has 68 valence electrons. The molecule has 1 rings (SSSR count). The van der Waals surface area contributed by atoms with E-state index >= 15 is 0 Å². The third kappa shape index (κ3) is 2.70. The quantitative estimate of drug-likeness (QED) is 0.696. The third-order valence-corrected chi connectivity index (χ3v) is 1.85. The Morgan fingerprint density at radius 1 is 1.50 bits per heavy atom. The van der Waals surface area contributed by atoms with Gasteiger partial charge in [-0.3, -0.25) is 0 Å². The minimum absolute atomic E-state index is 0.139. The molecule has 0 aromatic carbocycles. The molecule has 2 nitrogen and oxygen atoms in total. The highest BCUT2D eigenvalue weighted by atomic mass is 14.8. The molecule has 1 aromatic heterocycles. The first-order valence-electron chi connectivity index (χ1n) is 4.38. The van der Waals surface area contributed by atoms with Crippen LogP contribution >= 0.6 is 0 Å². The molecule has 0 spiro atoms. The van der Waals surface area contributed by atoms with E-state index in [0.717, 1.165) is 12.1 Å². The standard InChI is InChI=1S/C10H18N2/c1-10(2,3)7-8(11)9-5-4-6-12-9/h4-6,8,12H,7,11H2,1-3H3. The molecule has 0 radical (unpaired) electrons. The lowest BCUT2D eigenvalue weighted by Gasteiger charge is -2.22. The SMILES string of the molecule is CC(C)(C)CC(N)c1ccc[nH]1. The lowest BCUT2D eigenvalue weighted by molar-refractivity contribution is 0.340. The predicted octanol–water partition coefficient (Wildman–Crippen LogP) is 2.45. The molecule has 0 saturated heterocycles. The van der Waals surface area contributed by atoms with Gasteiger partial charge in [0.25, 0.3) is 0 Å². The van der Waals surface area contributed by atoms with Crippen LogP contribution in [0.3, 0.4) is 0 Å². The number of nitrogens with one attached hydrogen (secondary N) is 1. The van der Waals surface area contributed by atoms with Crippen LogP contribution in [0.2, 0.25) is 0 Å². The number of aromatic amines is 1. The van der Waals surface area contributed by atoms with Crippen molar-refractivity contribution in [3.63, 3.8) is 0 Å². The lowest BCUT2D eigenvalue weighted by Crippen LogP contribution is -2.18. The summed E-state index contributed by atoms with van der Waals surface area (Å²) in [7, 11) is 0. The zero-order valence-corrected chi connectivity index (χ0v) is 8.09. The number of H-pyrrole nitrogens is 1. The van der Waals surface area contributed by atoms with Gasteiger partial charge in [-0.2, -0.15) is 0 Å². The highest BCUT2D eigenvalue weighted by Crippen LogP contribution is 2.26. The molecule has 12 heavy (non-hydrogen) atoms. The van der Waals surface area contributed by atoms with Gasteiger partial charge in [0.1, 0.15) is 0 Å². The van der Waals surface area contributed by atoms with E-state index in [1.54, 1.807) is 0 Å². The van der Waals surface area contributed by atoms with Gasteiger partial charge in [-0.05, 0) is 24.0 Å². The summed E-state index contributed by atoms with van der Waals surface area (Å²) in [6.07, 6.45) is 2.92. The number of hydrogen-bond donors (Lipinski definition) is 2. The van der Waals surface area contributed by atoms with Crippen molar-refractivity contribution in [2.24, 2.45) is 11.1 Å². The van der Waals surface area contributed by atoms with Gasteiger partial charge in [-0.25, -0.2) is 0 Å². The van der Waals surface area contributed by atoms with Crippen molar-refractivity contribution in [1.82, 2.24) is 4.98 Å². The second-order valence-electron chi connectivity index (χ2n) is 4.50. The molecular weight excluding hydrogens is 148 g/mol. The average molecular weight is 166 g/mol. The van der Waals surface area contributed by atoms with Crippen LogP contribution in [0.1, 0.15) is 38.9 Å². The molecule has 0 amide bonds. The van der Waals surface area contributed by atoms with Crippen LogP contribution in [0.15, 0.2) is 18.3 Å². The molecule has 2 heteroatoms. The van der Waals surface area contributed by atoms with Crippen molar-refractivity contribution < 1.29 is 0 Å². The summed E-state index contributed by atoms with van der Waals surface area (Å²) in [5, 5.41) is 0. The Kier molecular flexibility index (Phi) is 2.58. The summed E-state index contributed by atoms with van der Waals surface area (Å²) in [5.41, 5.74) is 7.42. The maximum Gasteiger partial charge on any atom is 0.0452 e. The van der Waals surface area contributed by atoms with Crippen LogP contribution in [-0.2, 0) is 0 Å². The first-order chi connectivity index (χ1) is 5.49. The molecule has 0 aliphatic rings. The van der Waals surface area contributed by atoms with Crippen molar-refractivity contribution in [3.05, 3.63) is 24.0 Å². The average Bonchev–Trinajstić information content (AvgIpc) is 2.32. The van der Waals surface area contributed by atoms with E-state index in [0.29, 0.717) is 5.41 Å². The summed E-state index contributed by atoms with van der Waals surface area (Å²) in [6.45, 7) is 6.61. The summed E-state index contributed by atoms with van der Waals surface area (Å²) in [5.74, 6) is 0. The van der Waals surface area contributed by atoms with Gasteiger partial charge >= 0.3 is 0 Å². The van der Waals surface area contributed by atoms with Gasteiger partial charge in [-0.15, -0.1) is 0 Å². The van der Waals surface area contributed by atoms with E-state index in [1.165, 1.54) is 0 Å². The van der Waals surface area contributed by atoms with E-state index < -0.39 is 0 Å². The van der Waals surface area contributed by atoms with Gasteiger partial charge in [0.15, 0.2) is 0 Å². The predicted molar refractivity (Wildman–Crippen MR) is 51.8 cm³/mol. The van der Waals surface area contributed by atoms with Crippen LogP contribution in [0.5, 0.6) is 0 Å². The first kappa shape index (κ1) is 9.33. The topological polar surface area (TPSA) is 41.8 Å². The fraction of sp³-hybridized carbons (Fsp3) is 0.600. The van der Waals surface area contributed by atoms with Crippen LogP contribution < -0.4 is 5.73 Å². The fourth-order valence-corrected chi connectivity index (χ4v) is 1.34. The van der Waals surface area contributed by atoms with Crippen molar-refractivity contribution in [1.29, 1.82) is 0 Å². The van der Waals surface area contributed by atoms with Crippen molar-refractivity contribution in [2.75, 3.05) is 0 Å². The molecule has 0 saturated carbocycles.